The molecule has 2 heteroatoms. The van der Waals surface area contributed by atoms with E-state index in [-0.39, 0.29) is 0 Å². The van der Waals surface area contributed by atoms with Crippen molar-refractivity contribution in [2.24, 2.45) is 0 Å². The van der Waals surface area contributed by atoms with Crippen molar-refractivity contribution in [3.63, 3.8) is 0 Å². The van der Waals surface area contributed by atoms with Gasteiger partial charge in [0.25, 0.3) is 0 Å². The van der Waals surface area contributed by atoms with E-state index in [0.717, 1.165) is 11.3 Å². The van der Waals surface area contributed by atoms with Crippen LogP contribution in [0.2, 0.25) is 0 Å². The van der Waals surface area contributed by atoms with Gasteiger partial charge < -0.3 is 0 Å². The predicted molar refractivity (Wildman–Crippen MR) is 187 cm³/mol. The first-order valence-electron chi connectivity index (χ1n) is 16.5. The zero-order valence-corrected chi connectivity index (χ0v) is 26.9. The first kappa shape index (κ1) is 28.8. The normalized spacial score (nSPS) is 18.1. The van der Waals surface area contributed by atoms with Gasteiger partial charge in [-0.05, 0) is 0 Å². The van der Waals surface area contributed by atoms with Crippen LogP contribution in [0.15, 0.2) is 121 Å². The molecule has 0 aromatic heterocycles. The van der Waals surface area contributed by atoms with Gasteiger partial charge in [-0.2, -0.15) is 0 Å². The SMILES string of the molecule is c1ccc(C[PH](Cc2ccccc2)(Cc2ccccc2)[PH](c2ccccc2)(C2CCCCC2)C2CCCCC2)cc1. The molecule has 41 heavy (non-hydrogen) atoms. The zero-order chi connectivity index (χ0) is 27.8. The summed E-state index contributed by atoms with van der Waals surface area (Å²) in [5.74, 6) is 0. The standard InChI is InChI=1S/C39H50P2/c1-7-19-34(20-8-1)31-40(32-35-21-9-2-10-22-35,33-36-23-11-3-12-24-36)41(37-25-13-4-14-26-37,38-27-15-5-16-28-38)39-29-17-6-18-30-39/h1-4,7-14,19-26,38-41H,5-6,15-18,27-33H2. The Morgan fingerprint density at radius 3 is 1.05 bits per heavy atom. The third kappa shape index (κ3) is 6.26. The van der Waals surface area contributed by atoms with E-state index >= 15 is 0 Å². The van der Waals surface area contributed by atoms with Gasteiger partial charge in [0.15, 0.2) is 0 Å². The van der Waals surface area contributed by atoms with E-state index in [0.29, 0.717) is 0 Å². The topological polar surface area (TPSA) is 0 Å². The van der Waals surface area contributed by atoms with Crippen molar-refractivity contribution in [3.8, 4) is 0 Å². The third-order valence-corrected chi connectivity index (χ3v) is 31.0. The summed E-state index contributed by atoms with van der Waals surface area (Å²) in [6.07, 6.45) is 18.4. The first-order chi connectivity index (χ1) is 20.3. The van der Waals surface area contributed by atoms with E-state index < -0.39 is 13.9 Å². The van der Waals surface area contributed by atoms with Gasteiger partial charge in [0.1, 0.15) is 0 Å². The molecule has 0 spiro atoms. The molecular weight excluding hydrogens is 530 g/mol. The summed E-state index contributed by atoms with van der Waals surface area (Å²) in [5.41, 5.74) is 6.58. The minimum atomic E-state index is -2.07. The molecule has 2 aliphatic carbocycles. The van der Waals surface area contributed by atoms with Crippen molar-refractivity contribution in [2.75, 3.05) is 0 Å². The fraction of sp³-hybridized carbons (Fsp3) is 0.385. The molecule has 0 nitrogen and oxygen atoms in total. The van der Waals surface area contributed by atoms with E-state index in [9.17, 15) is 0 Å². The molecule has 0 N–H and O–H groups in total. The predicted octanol–water partition coefficient (Wildman–Crippen LogP) is 11.0. The van der Waals surface area contributed by atoms with E-state index in [1.54, 1.807) is 16.7 Å². The van der Waals surface area contributed by atoms with E-state index in [4.69, 9.17) is 0 Å². The quantitative estimate of drug-likeness (QED) is 0.164. The summed E-state index contributed by atoms with van der Waals surface area (Å²) < 4.78 is 0. The molecule has 0 heterocycles. The van der Waals surface area contributed by atoms with E-state index in [2.05, 4.69) is 121 Å². The molecule has 0 unspecified atom stereocenters. The molecule has 0 bridgehead atoms. The summed E-state index contributed by atoms with van der Waals surface area (Å²) in [7, 11) is 0. The van der Waals surface area contributed by atoms with Crippen molar-refractivity contribution >= 4 is 19.2 Å². The van der Waals surface area contributed by atoms with Gasteiger partial charge >= 0.3 is 251 Å². The Morgan fingerprint density at radius 2 is 0.707 bits per heavy atom. The number of hydrogen-bond acceptors (Lipinski definition) is 0. The molecule has 0 aliphatic heterocycles. The molecule has 0 amide bonds. The van der Waals surface area contributed by atoms with Gasteiger partial charge in [-0.15, -0.1) is 0 Å². The molecule has 216 valence electrons. The van der Waals surface area contributed by atoms with E-state index in [1.165, 1.54) is 82.7 Å². The number of hydrogen-bond donors (Lipinski definition) is 0. The van der Waals surface area contributed by atoms with Gasteiger partial charge in [0.05, 0.1) is 0 Å². The van der Waals surface area contributed by atoms with Crippen LogP contribution in [0.4, 0.5) is 0 Å². The van der Waals surface area contributed by atoms with Crippen LogP contribution < -0.4 is 5.30 Å². The molecule has 4 aromatic rings. The maximum atomic E-state index is 2.64. The summed E-state index contributed by atoms with van der Waals surface area (Å²) in [5, 5.41) is 1.83. The second kappa shape index (κ2) is 13.8. The number of rotatable bonds is 10. The van der Waals surface area contributed by atoms with Crippen LogP contribution in [0, 0.1) is 0 Å². The van der Waals surface area contributed by atoms with Crippen molar-refractivity contribution in [1.29, 1.82) is 0 Å². The van der Waals surface area contributed by atoms with Crippen molar-refractivity contribution < 1.29 is 0 Å². The molecular formula is C39H50P2. The number of benzene rings is 4. The molecule has 0 radical (unpaired) electrons. The average molecular weight is 581 g/mol. The second-order valence-electron chi connectivity index (χ2n) is 13.2. The fourth-order valence-corrected chi connectivity index (χ4v) is 34.8. The third-order valence-electron chi connectivity index (χ3n) is 10.8. The molecule has 6 rings (SSSR count). The Morgan fingerprint density at radius 1 is 0.390 bits per heavy atom. The Labute approximate surface area is 250 Å². The Kier molecular flexibility index (Phi) is 9.71. The molecule has 0 atom stereocenters. The van der Waals surface area contributed by atoms with Gasteiger partial charge in [-0.1, -0.05) is 0 Å². The molecule has 2 fully saturated rings. The van der Waals surface area contributed by atoms with Crippen LogP contribution in [-0.4, -0.2) is 11.3 Å². The Balaban J connectivity index is 1.66. The monoisotopic (exact) mass is 580 g/mol. The molecule has 2 saturated carbocycles. The van der Waals surface area contributed by atoms with Gasteiger partial charge in [0.2, 0.25) is 0 Å². The Hall–Kier alpha value is -2.26. The molecule has 0 saturated heterocycles. The summed E-state index contributed by atoms with van der Waals surface area (Å²) in [6.45, 7) is -4.13. The van der Waals surface area contributed by atoms with Crippen molar-refractivity contribution in [1.82, 2.24) is 0 Å². The zero-order valence-electron chi connectivity index (χ0n) is 24.9. The summed E-state index contributed by atoms with van der Waals surface area (Å²) >= 11 is 0. The maximum absolute atomic E-state index is 2.64. The Bertz CT molecular complexity index is 1190. The fourth-order valence-electron chi connectivity index (χ4n) is 9.39. The van der Waals surface area contributed by atoms with Crippen LogP contribution in [0.25, 0.3) is 0 Å². The van der Waals surface area contributed by atoms with Crippen LogP contribution in [0.3, 0.4) is 0 Å². The van der Waals surface area contributed by atoms with Gasteiger partial charge in [-0.3, -0.25) is 0 Å². The van der Waals surface area contributed by atoms with Crippen molar-refractivity contribution in [2.45, 2.75) is 94.0 Å². The first-order valence-corrected chi connectivity index (χ1v) is 22.3. The molecule has 4 aromatic carbocycles. The van der Waals surface area contributed by atoms with Crippen LogP contribution in [0.1, 0.15) is 80.9 Å². The second-order valence-corrected chi connectivity index (χ2v) is 26.4. The van der Waals surface area contributed by atoms with E-state index in [1.807, 2.05) is 5.30 Å². The average Bonchev–Trinajstić information content (AvgIpc) is 3.04. The van der Waals surface area contributed by atoms with Gasteiger partial charge in [-0.25, -0.2) is 0 Å². The molecule has 2 aliphatic rings. The van der Waals surface area contributed by atoms with Crippen LogP contribution in [-0.2, 0) is 18.5 Å². The van der Waals surface area contributed by atoms with Crippen LogP contribution >= 0.6 is 13.9 Å². The van der Waals surface area contributed by atoms with Crippen LogP contribution in [0.5, 0.6) is 0 Å². The summed E-state index contributed by atoms with van der Waals surface area (Å²) in [6, 6.07) is 47.5. The van der Waals surface area contributed by atoms with Gasteiger partial charge in [0, 0.05) is 0 Å². The van der Waals surface area contributed by atoms with Crippen molar-refractivity contribution in [3.05, 3.63) is 138 Å². The summed E-state index contributed by atoms with van der Waals surface area (Å²) in [4.78, 5) is 0. The minimum absolute atomic E-state index is 0.907.